The molecule has 1 aromatic carbocycles. The van der Waals surface area contributed by atoms with Gasteiger partial charge in [0.15, 0.2) is 0 Å². The van der Waals surface area contributed by atoms with Crippen LogP contribution in [0, 0.1) is 6.92 Å². The lowest BCUT2D eigenvalue weighted by molar-refractivity contribution is -0.140. The monoisotopic (exact) mass is 431 g/mol. The summed E-state index contributed by atoms with van der Waals surface area (Å²) in [5, 5.41) is 11.8. The highest BCUT2D eigenvalue weighted by molar-refractivity contribution is 5.83. The minimum atomic E-state index is -0.641. The second-order valence-corrected chi connectivity index (χ2v) is 7.76. The Kier molecular flexibility index (Phi) is 6.07. The number of hydrogen-bond acceptors (Lipinski definition) is 5. The number of fused-ring (bicyclic) bond motifs is 1. The van der Waals surface area contributed by atoms with Crippen molar-refractivity contribution >= 4 is 16.9 Å². The van der Waals surface area contributed by atoms with Crippen LogP contribution in [-0.4, -0.2) is 32.7 Å². The van der Waals surface area contributed by atoms with E-state index in [-0.39, 0.29) is 23.3 Å². The van der Waals surface area contributed by atoms with Crippen LogP contribution in [0.2, 0.25) is 0 Å². The molecule has 0 bridgehead atoms. The molecule has 7 nitrogen and oxygen atoms in total. The van der Waals surface area contributed by atoms with Gasteiger partial charge in [-0.3, -0.25) is 14.6 Å². The lowest BCUT2D eigenvalue weighted by atomic mass is 9.89. The number of aromatic hydroxyl groups is 1. The van der Waals surface area contributed by atoms with E-state index >= 15 is 0 Å². The van der Waals surface area contributed by atoms with Crippen LogP contribution in [0.3, 0.4) is 0 Å². The molecule has 0 saturated carbocycles. The van der Waals surface area contributed by atoms with Crippen molar-refractivity contribution in [2.45, 2.75) is 32.2 Å². The van der Waals surface area contributed by atoms with Gasteiger partial charge in [0.2, 0.25) is 0 Å². The van der Waals surface area contributed by atoms with Gasteiger partial charge in [-0.2, -0.15) is 0 Å². The summed E-state index contributed by atoms with van der Waals surface area (Å²) in [4.78, 5) is 32.9. The number of esters is 1. The number of nitrogens with zero attached hydrogens (tertiary/aromatic N) is 2. The summed E-state index contributed by atoms with van der Waals surface area (Å²) >= 11 is 0. The molecular weight excluding hydrogens is 406 g/mol. The lowest BCUT2D eigenvalue weighted by Crippen LogP contribution is -2.29. The smallest absolute Gasteiger partial charge is 0.306 e. The highest BCUT2D eigenvalue weighted by atomic mass is 16.5. The first-order chi connectivity index (χ1) is 15.5. The summed E-state index contributed by atoms with van der Waals surface area (Å²) < 4.78 is 6.50. The fraction of sp³-hybridized carbons (Fsp3) is 0.240. The quantitative estimate of drug-likeness (QED) is 0.435. The topological polar surface area (TPSA) is 97.2 Å². The number of carbonyl (C=O) groups is 1. The average Bonchev–Trinajstić information content (AvgIpc) is 3.21. The molecule has 0 spiro atoms. The summed E-state index contributed by atoms with van der Waals surface area (Å²) in [6.45, 7) is 2.24. The molecule has 0 saturated heterocycles. The number of benzene rings is 1. The molecule has 7 heteroatoms. The number of carbonyl (C=O) groups excluding carboxylic acids is 1. The Morgan fingerprint density at radius 3 is 2.72 bits per heavy atom. The summed E-state index contributed by atoms with van der Waals surface area (Å²) in [7, 11) is 1.31. The van der Waals surface area contributed by atoms with Crippen LogP contribution in [-0.2, 0) is 22.5 Å². The van der Waals surface area contributed by atoms with Crippen molar-refractivity contribution in [3.05, 3.63) is 93.8 Å². The zero-order chi connectivity index (χ0) is 22.7. The van der Waals surface area contributed by atoms with Gasteiger partial charge in [-0.05, 0) is 48.7 Å². The number of nitrogens with one attached hydrogen (secondary N) is 1. The number of methoxy groups -OCH3 is 1. The number of hydrogen-bond donors (Lipinski definition) is 2. The van der Waals surface area contributed by atoms with Crippen molar-refractivity contribution in [2.75, 3.05) is 7.11 Å². The van der Waals surface area contributed by atoms with E-state index in [0.29, 0.717) is 24.2 Å². The third kappa shape index (κ3) is 4.14. The minimum absolute atomic E-state index is 0.0607. The number of aromatic amines is 1. The summed E-state index contributed by atoms with van der Waals surface area (Å²) in [6, 6.07) is 13.1. The van der Waals surface area contributed by atoms with Gasteiger partial charge in [0.1, 0.15) is 5.75 Å². The summed E-state index contributed by atoms with van der Waals surface area (Å²) in [5.74, 6) is -1.23. The first-order valence-corrected chi connectivity index (χ1v) is 10.4. The first-order valence-electron chi connectivity index (χ1n) is 10.4. The predicted octanol–water partition coefficient (Wildman–Crippen LogP) is 3.68. The Morgan fingerprint density at radius 2 is 1.97 bits per heavy atom. The van der Waals surface area contributed by atoms with E-state index in [1.165, 1.54) is 7.11 Å². The van der Waals surface area contributed by atoms with Gasteiger partial charge in [0.05, 0.1) is 19.1 Å². The Labute approximate surface area is 185 Å². The molecule has 4 rings (SSSR count). The standard InChI is InChI=1S/C25H25N3O4/c1-16-13-22(29)24(20(14-23(30)32-2)17-7-10-26-11-8-17)25(31)28(16)12-9-18-15-27-21-6-4-3-5-19(18)21/h3-8,10-11,13,15,20,27,29H,9,12,14H2,1-2H3/t20-/m0/s1. The SMILES string of the molecule is COC(=O)C[C@@H](c1ccncc1)c1c(O)cc(C)n(CCc2c[nH]c3ccccc23)c1=O. The molecule has 0 unspecified atom stereocenters. The number of ether oxygens (including phenoxy) is 1. The predicted molar refractivity (Wildman–Crippen MR) is 122 cm³/mol. The molecule has 0 aliphatic rings. The Balaban J connectivity index is 1.73. The van der Waals surface area contributed by atoms with Gasteiger partial charge in [-0.25, -0.2) is 0 Å². The Bertz CT molecular complexity index is 1310. The molecule has 32 heavy (non-hydrogen) atoms. The number of H-pyrrole nitrogens is 1. The molecule has 0 amide bonds. The maximum absolute atomic E-state index is 13.5. The van der Waals surface area contributed by atoms with Crippen LogP contribution >= 0.6 is 0 Å². The van der Waals surface area contributed by atoms with E-state index in [0.717, 1.165) is 16.5 Å². The van der Waals surface area contributed by atoms with Crippen molar-refractivity contribution < 1.29 is 14.6 Å². The van der Waals surface area contributed by atoms with Crippen LogP contribution in [0.25, 0.3) is 10.9 Å². The van der Waals surface area contributed by atoms with Gasteiger partial charge < -0.3 is 19.4 Å². The second-order valence-electron chi connectivity index (χ2n) is 7.76. The van der Waals surface area contributed by atoms with Crippen LogP contribution in [0.5, 0.6) is 5.75 Å². The third-order valence-corrected chi connectivity index (χ3v) is 5.86. The van der Waals surface area contributed by atoms with Gasteiger partial charge in [-0.15, -0.1) is 0 Å². The molecule has 0 radical (unpaired) electrons. The molecule has 0 aliphatic heterocycles. The fourth-order valence-corrected chi connectivity index (χ4v) is 4.18. The molecular formula is C25H25N3O4. The van der Waals surface area contributed by atoms with E-state index < -0.39 is 11.9 Å². The number of aromatic nitrogens is 3. The molecule has 164 valence electrons. The van der Waals surface area contributed by atoms with E-state index in [1.54, 1.807) is 42.1 Å². The fourth-order valence-electron chi connectivity index (χ4n) is 4.18. The maximum atomic E-state index is 13.5. The number of aryl methyl sites for hydroxylation is 2. The van der Waals surface area contributed by atoms with Crippen molar-refractivity contribution in [2.24, 2.45) is 0 Å². The highest BCUT2D eigenvalue weighted by Crippen LogP contribution is 2.32. The van der Waals surface area contributed by atoms with Crippen LogP contribution in [0.4, 0.5) is 0 Å². The molecule has 1 atom stereocenters. The summed E-state index contributed by atoms with van der Waals surface area (Å²) in [6.07, 6.45) is 5.74. The molecule has 0 fully saturated rings. The van der Waals surface area contributed by atoms with E-state index in [9.17, 15) is 14.7 Å². The van der Waals surface area contributed by atoms with Crippen LogP contribution in [0.15, 0.2) is 65.8 Å². The molecule has 3 heterocycles. The summed E-state index contributed by atoms with van der Waals surface area (Å²) in [5.41, 5.74) is 3.40. The van der Waals surface area contributed by atoms with Crippen LogP contribution < -0.4 is 5.56 Å². The number of pyridine rings is 2. The second kappa shape index (κ2) is 9.09. The van der Waals surface area contributed by atoms with E-state index in [1.807, 2.05) is 24.4 Å². The zero-order valence-electron chi connectivity index (χ0n) is 18.0. The van der Waals surface area contributed by atoms with Crippen molar-refractivity contribution in [1.29, 1.82) is 0 Å². The molecule has 2 N–H and O–H groups in total. The molecule has 0 aliphatic carbocycles. The van der Waals surface area contributed by atoms with E-state index in [4.69, 9.17) is 4.74 Å². The molecule has 4 aromatic rings. The largest absolute Gasteiger partial charge is 0.507 e. The Hall–Kier alpha value is -3.87. The van der Waals surface area contributed by atoms with E-state index in [2.05, 4.69) is 16.0 Å². The van der Waals surface area contributed by atoms with Gasteiger partial charge in [-0.1, -0.05) is 18.2 Å². The lowest BCUT2D eigenvalue weighted by Gasteiger charge is -2.20. The van der Waals surface area contributed by atoms with Gasteiger partial charge in [0.25, 0.3) is 5.56 Å². The average molecular weight is 431 g/mol. The zero-order valence-corrected chi connectivity index (χ0v) is 18.0. The minimum Gasteiger partial charge on any atom is -0.507 e. The first kappa shape index (κ1) is 21.4. The Morgan fingerprint density at radius 1 is 1.22 bits per heavy atom. The number of rotatable bonds is 7. The van der Waals surface area contributed by atoms with Gasteiger partial charge in [0, 0.05) is 47.7 Å². The van der Waals surface area contributed by atoms with Crippen molar-refractivity contribution in [3.63, 3.8) is 0 Å². The van der Waals surface area contributed by atoms with Crippen molar-refractivity contribution in [3.8, 4) is 5.75 Å². The van der Waals surface area contributed by atoms with Gasteiger partial charge >= 0.3 is 5.97 Å². The normalized spacial score (nSPS) is 12.1. The highest BCUT2D eigenvalue weighted by Gasteiger charge is 2.26. The third-order valence-electron chi connectivity index (χ3n) is 5.86. The van der Waals surface area contributed by atoms with Crippen LogP contribution in [0.1, 0.15) is 34.7 Å². The maximum Gasteiger partial charge on any atom is 0.306 e. The number of para-hydroxylation sites is 1. The van der Waals surface area contributed by atoms with Crippen molar-refractivity contribution in [1.82, 2.24) is 14.5 Å². The molecule has 3 aromatic heterocycles.